The molecule has 1 fully saturated rings. The number of piperidine rings is 1. The number of nitrogens with one attached hydrogen (secondary N) is 1. The van der Waals surface area contributed by atoms with Crippen molar-refractivity contribution in [3.8, 4) is 17.0 Å². The molecule has 2 N–H and O–H groups in total. The van der Waals surface area contributed by atoms with E-state index >= 15 is 0 Å². The third-order valence-electron chi connectivity index (χ3n) is 5.77. The highest BCUT2D eigenvalue weighted by atomic mass is 79.9. The topological polar surface area (TPSA) is 78.8 Å². The van der Waals surface area contributed by atoms with Gasteiger partial charge in [-0.15, -0.1) is 0 Å². The number of nitrogens with zero attached hydrogens (tertiary/aromatic N) is 4. The number of halogens is 1. The monoisotopic (exact) mass is 481 g/mol. The molecule has 1 aromatic carbocycles. The van der Waals surface area contributed by atoms with Crippen LogP contribution in [0.3, 0.4) is 0 Å². The number of rotatable bonds is 6. The fourth-order valence-corrected chi connectivity index (χ4v) is 4.59. The number of hydrogen-bond donors (Lipinski definition) is 2. The van der Waals surface area contributed by atoms with Crippen LogP contribution in [0.1, 0.15) is 18.4 Å². The van der Waals surface area contributed by atoms with Crippen LogP contribution >= 0.6 is 15.9 Å². The van der Waals surface area contributed by atoms with Gasteiger partial charge in [-0.2, -0.15) is 9.61 Å². The van der Waals surface area contributed by atoms with E-state index < -0.39 is 0 Å². The number of aromatic nitrogens is 3. The summed E-state index contributed by atoms with van der Waals surface area (Å²) in [4.78, 5) is 7.20. The van der Waals surface area contributed by atoms with E-state index in [1.807, 2.05) is 36.6 Å². The van der Waals surface area contributed by atoms with Crippen molar-refractivity contribution < 1.29 is 9.52 Å². The van der Waals surface area contributed by atoms with Crippen molar-refractivity contribution in [2.45, 2.75) is 19.4 Å². The number of anilines is 1. The van der Waals surface area contributed by atoms with Crippen molar-refractivity contribution >= 4 is 27.4 Å². The Bertz CT molecular complexity index is 1170. The average Bonchev–Trinajstić information content (AvgIpc) is 3.43. The lowest BCUT2D eigenvalue weighted by Crippen LogP contribution is -2.37. The van der Waals surface area contributed by atoms with Crippen LogP contribution in [0, 0.1) is 5.92 Å². The summed E-state index contributed by atoms with van der Waals surface area (Å²) < 4.78 is 7.83. The van der Waals surface area contributed by atoms with E-state index in [4.69, 9.17) is 9.40 Å². The predicted octanol–water partition coefficient (Wildman–Crippen LogP) is 4.78. The molecule has 1 saturated heterocycles. The van der Waals surface area contributed by atoms with Crippen LogP contribution in [0.25, 0.3) is 16.9 Å². The number of likely N-dealkylation sites (tertiary alicyclic amines) is 1. The van der Waals surface area contributed by atoms with Gasteiger partial charge in [-0.25, -0.2) is 4.98 Å². The fourth-order valence-electron chi connectivity index (χ4n) is 4.24. The number of para-hydroxylation sites is 1. The lowest BCUT2D eigenvalue weighted by molar-refractivity contribution is 0.173. The molecule has 4 heterocycles. The highest BCUT2D eigenvalue weighted by Gasteiger charge is 2.21. The first kappa shape index (κ1) is 20.1. The van der Waals surface area contributed by atoms with Crippen molar-refractivity contribution in [1.82, 2.24) is 19.5 Å². The van der Waals surface area contributed by atoms with Crippen LogP contribution in [-0.4, -0.2) is 44.2 Å². The normalized spacial score (nSPS) is 17.3. The molecule has 0 aliphatic carbocycles. The minimum atomic E-state index is 0.211. The number of fused-ring (bicyclic) bond motifs is 1. The third kappa shape index (κ3) is 4.31. The molecule has 0 bridgehead atoms. The minimum absolute atomic E-state index is 0.211. The van der Waals surface area contributed by atoms with E-state index in [0.29, 0.717) is 22.8 Å². The molecule has 0 saturated carbocycles. The number of furan rings is 1. The van der Waals surface area contributed by atoms with Gasteiger partial charge >= 0.3 is 0 Å². The van der Waals surface area contributed by atoms with Crippen molar-refractivity contribution in [2.75, 3.05) is 25.0 Å². The summed E-state index contributed by atoms with van der Waals surface area (Å²) >= 11 is 3.54. The number of aromatic hydroxyl groups is 1. The van der Waals surface area contributed by atoms with Gasteiger partial charge in [-0.3, -0.25) is 4.90 Å². The van der Waals surface area contributed by atoms with Crippen molar-refractivity contribution in [1.29, 1.82) is 0 Å². The Morgan fingerprint density at radius 3 is 3.00 bits per heavy atom. The summed E-state index contributed by atoms with van der Waals surface area (Å²) in [6.45, 7) is 3.93. The van der Waals surface area contributed by atoms with Crippen LogP contribution in [0.15, 0.2) is 64.0 Å². The molecular weight excluding hydrogens is 458 g/mol. The van der Waals surface area contributed by atoms with Gasteiger partial charge in [0.1, 0.15) is 11.6 Å². The lowest BCUT2D eigenvalue weighted by atomic mass is 9.97. The second-order valence-electron chi connectivity index (χ2n) is 8.03. The molecule has 160 valence electrons. The van der Waals surface area contributed by atoms with E-state index in [-0.39, 0.29) is 5.75 Å². The molecule has 7 nitrogen and oxygen atoms in total. The van der Waals surface area contributed by atoms with Gasteiger partial charge in [0.15, 0.2) is 5.65 Å². The van der Waals surface area contributed by atoms with E-state index in [9.17, 15) is 5.11 Å². The molecule has 4 aromatic rings. The molecule has 1 atom stereocenters. The maximum atomic E-state index is 10.3. The minimum Gasteiger partial charge on any atom is -0.507 e. The zero-order valence-corrected chi connectivity index (χ0v) is 18.6. The summed E-state index contributed by atoms with van der Waals surface area (Å²) in [6.07, 6.45) is 7.68. The molecule has 1 aliphatic rings. The Labute approximate surface area is 188 Å². The van der Waals surface area contributed by atoms with Gasteiger partial charge in [-0.1, -0.05) is 12.1 Å². The SMILES string of the molecule is Oc1ccccc1-c1cc(NCC2CCCN(Cc3ccoc3)C2)n2ncc(Br)c2n1. The zero-order valence-electron chi connectivity index (χ0n) is 17.0. The Balaban J connectivity index is 1.35. The zero-order chi connectivity index (χ0) is 21.2. The molecule has 8 heteroatoms. The standard InChI is InChI=1S/C23H24BrN5O2/c24-19-12-26-29-22(10-20(27-23(19)29)18-5-1-2-6-21(18)30)25-11-16-4-3-8-28(13-16)14-17-7-9-31-15-17/h1-2,5-7,9-10,12,15-16,25,30H,3-4,8,11,13-14H2. The number of hydrogen-bond acceptors (Lipinski definition) is 6. The second kappa shape index (κ2) is 8.72. The first-order chi connectivity index (χ1) is 15.2. The van der Waals surface area contributed by atoms with Gasteiger partial charge in [0.05, 0.1) is 28.9 Å². The lowest BCUT2D eigenvalue weighted by Gasteiger charge is -2.32. The predicted molar refractivity (Wildman–Crippen MR) is 123 cm³/mol. The Kier molecular flexibility index (Phi) is 5.65. The van der Waals surface area contributed by atoms with E-state index in [2.05, 4.69) is 31.2 Å². The number of phenolic OH excluding ortho intramolecular Hbond substituents is 1. The van der Waals surface area contributed by atoms with Gasteiger partial charge in [-0.05, 0) is 59.4 Å². The summed E-state index contributed by atoms with van der Waals surface area (Å²) in [5.74, 6) is 1.61. The van der Waals surface area contributed by atoms with Crippen LogP contribution in [0.4, 0.5) is 5.82 Å². The third-order valence-corrected chi connectivity index (χ3v) is 6.33. The Hall–Kier alpha value is -2.84. The first-order valence-corrected chi connectivity index (χ1v) is 11.3. The van der Waals surface area contributed by atoms with Crippen LogP contribution < -0.4 is 5.32 Å². The average molecular weight is 482 g/mol. The second-order valence-corrected chi connectivity index (χ2v) is 8.88. The van der Waals surface area contributed by atoms with Crippen molar-refractivity contribution in [3.05, 3.63) is 65.2 Å². The van der Waals surface area contributed by atoms with Crippen molar-refractivity contribution in [3.63, 3.8) is 0 Å². The fraction of sp³-hybridized carbons (Fsp3) is 0.304. The van der Waals surface area contributed by atoms with Crippen LogP contribution in [0.5, 0.6) is 5.75 Å². The van der Waals surface area contributed by atoms with E-state index in [1.165, 1.54) is 18.4 Å². The molecule has 1 unspecified atom stereocenters. The first-order valence-electron chi connectivity index (χ1n) is 10.5. The van der Waals surface area contributed by atoms with Gasteiger partial charge in [0.2, 0.25) is 0 Å². The van der Waals surface area contributed by atoms with Gasteiger partial charge in [0.25, 0.3) is 0 Å². The van der Waals surface area contributed by atoms with Crippen molar-refractivity contribution in [2.24, 2.45) is 5.92 Å². The Morgan fingerprint density at radius 1 is 1.26 bits per heavy atom. The summed E-state index contributed by atoms with van der Waals surface area (Å²) in [7, 11) is 0. The van der Waals surface area contributed by atoms with Gasteiger partial charge in [0, 0.05) is 36.8 Å². The molecule has 1 aliphatic heterocycles. The molecule has 0 spiro atoms. The molecule has 3 aromatic heterocycles. The van der Waals surface area contributed by atoms with E-state index in [0.717, 1.165) is 36.5 Å². The molecule has 5 rings (SSSR count). The Morgan fingerprint density at radius 2 is 2.16 bits per heavy atom. The van der Waals surface area contributed by atoms with Crippen LogP contribution in [0.2, 0.25) is 0 Å². The summed E-state index contributed by atoms with van der Waals surface area (Å²) in [5, 5.41) is 18.4. The summed E-state index contributed by atoms with van der Waals surface area (Å²) in [5.41, 5.74) is 3.34. The largest absolute Gasteiger partial charge is 0.507 e. The van der Waals surface area contributed by atoms with Gasteiger partial charge < -0.3 is 14.8 Å². The smallest absolute Gasteiger partial charge is 0.172 e. The van der Waals surface area contributed by atoms with E-state index in [1.54, 1.807) is 23.0 Å². The molecular formula is C23H24BrN5O2. The highest BCUT2D eigenvalue weighted by Crippen LogP contribution is 2.31. The molecule has 0 radical (unpaired) electrons. The maximum Gasteiger partial charge on any atom is 0.172 e. The quantitative estimate of drug-likeness (QED) is 0.412. The number of phenols is 1. The molecule has 31 heavy (non-hydrogen) atoms. The highest BCUT2D eigenvalue weighted by molar-refractivity contribution is 9.10. The number of benzene rings is 1. The van der Waals surface area contributed by atoms with Crippen LogP contribution in [-0.2, 0) is 6.54 Å². The maximum absolute atomic E-state index is 10.3. The molecule has 0 amide bonds. The summed E-state index contributed by atoms with van der Waals surface area (Å²) in [6, 6.07) is 11.2.